The predicted molar refractivity (Wildman–Crippen MR) is 109 cm³/mol. The van der Waals surface area contributed by atoms with E-state index >= 15 is 0 Å². The Morgan fingerprint density at radius 1 is 1.48 bits per heavy atom. The third kappa shape index (κ3) is 4.96. The van der Waals surface area contributed by atoms with Crippen LogP contribution < -0.4 is 21.3 Å². The highest BCUT2D eigenvalue weighted by Crippen LogP contribution is 2.29. The van der Waals surface area contributed by atoms with Crippen LogP contribution in [0.25, 0.3) is 0 Å². The van der Waals surface area contributed by atoms with Crippen molar-refractivity contribution in [3.05, 3.63) is 41.9 Å². The number of carbonyl (C=O) groups is 1. The fourth-order valence-corrected chi connectivity index (χ4v) is 3.35. The van der Waals surface area contributed by atoms with Crippen molar-refractivity contribution < 1.29 is 13.9 Å². The van der Waals surface area contributed by atoms with E-state index in [1.807, 2.05) is 6.07 Å². The molecule has 0 saturated carbocycles. The molecule has 0 spiro atoms. The number of amides is 1. The van der Waals surface area contributed by atoms with Gasteiger partial charge in [-0.25, -0.2) is 9.38 Å². The molecule has 0 unspecified atom stereocenters. The van der Waals surface area contributed by atoms with Gasteiger partial charge in [0, 0.05) is 39.2 Å². The van der Waals surface area contributed by atoms with Gasteiger partial charge in [-0.15, -0.1) is 0 Å². The first-order chi connectivity index (χ1) is 14.0. The highest BCUT2D eigenvalue weighted by Gasteiger charge is 2.24. The summed E-state index contributed by atoms with van der Waals surface area (Å²) in [5.74, 6) is -1.18. The second kappa shape index (κ2) is 9.28. The molecule has 2 aliphatic rings. The van der Waals surface area contributed by atoms with Crippen molar-refractivity contribution in [3.8, 4) is 0 Å². The molecule has 0 bridgehead atoms. The Hall–Kier alpha value is -3.27. The number of piperidine rings is 1. The number of nitrogens with one attached hydrogen (secondary N) is 3. The average Bonchev–Trinajstić information content (AvgIpc) is 2.71. The molecular weight excluding hydrogens is 377 g/mol. The number of nitrogens with zero attached hydrogens (tertiary/aromatic N) is 3. The van der Waals surface area contributed by atoms with Crippen molar-refractivity contribution in [2.45, 2.75) is 12.8 Å². The quantitative estimate of drug-likeness (QED) is 0.325. The van der Waals surface area contributed by atoms with Crippen molar-refractivity contribution in [1.29, 1.82) is 5.41 Å². The van der Waals surface area contributed by atoms with Crippen LogP contribution in [0.5, 0.6) is 0 Å². The van der Waals surface area contributed by atoms with Gasteiger partial charge in [0.05, 0.1) is 23.8 Å². The zero-order chi connectivity index (χ0) is 20.8. The van der Waals surface area contributed by atoms with Crippen molar-refractivity contribution in [2.75, 3.05) is 37.0 Å². The van der Waals surface area contributed by atoms with Gasteiger partial charge in [0.2, 0.25) is 0 Å². The number of aromatic nitrogens is 1. The second-order valence-corrected chi connectivity index (χ2v) is 6.80. The Labute approximate surface area is 168 Å². The minimum absolute atomic E-state index is 0.00206. The number of hydrogen-bond acceptors (Lipinski definition) is 7. The molecule has 0 atom stereocenters. The number of allylic oxidation sites excluding steroid dienone is 1. The number of anilines is 2. The minimum atomic E-state index is -0.628. The number of aliphatic imine (C=N–C) groups is 1. The van der Waals surface area contributed by atoms with Gasteiger partial charge in [0.25, 0.3) is 5.91 Å². The number of hydrogen-bond donors (Lipinski definition) is 4. The first-order valence-corrected chi connectivity index (χ1v) is 9.23. The van der Waals surface area contributed by atoms with Gasteiger partial charge in [-0.1, -0.05) is 0 Å². The first kappa shape index (κ1) is 20.5. The average molecular weight is 401 g/mol. The summed E-state index contributed by atoms with van der Waals surface area (Å²) in [4.78, 5) is 22.9. The molecule has 1 aromatic heterocycles. The minimum Gasteiger partial charge on any atom is -0.384 e. The summed E-state index contributed by atoms with van der Waals surface area (Å²) in [6.45, 7) is 2.40. The van der Waals surface area contributed by atoms with Crippen LogP contribution in [0.3, 0.4) is 0 Å². The molecule has 0 aliphatic carbocycles. The molecule has 1 fully saturated rings. The van der Waals surface area contributed by atoms with E-state index in [9.17, 15) is 9.18 Å². The number of carbonyl (C=O) groups excluding carboxylic acids is 1. The van der Waals surface area contributed by atoms with Gasteiger partial charge >= 0.3 is 0 Å². The maximum Gasteiger partial charge on any atom is 0.263 e. The molecule has 10 heteroatoms. The third-order valence-corrected chi connectivity index (χ3v) is 4.80. The van der Waals surface area contributed by atoms with Crippen LogP contribution in [0, 0.1) is 11.3 Å². The number of pyridine rings is 1. The van der Waals surface area contributed by atoms with E-state index in [0.717, 1.165) is 50.6 Å². The highest BCUT2D eigenvalue weighted by molar-refractivity contribution is 6.24. The molecule has 5 N–H and O–H groups in total. The Morgan fingerprint density at radius 3 is 2.86 bits per heavy atom. The van der Waals surface area contributed by atoms with Crippen molar-refractivity contribution in [1.82, 2.24) is 10.3 Å². The summed E-state index contributed by atoms with van der Waals surface area (Å²) in [7, 11) is 1.71. The smallest absolute Gasteiger partial charge is 0.263 e. The van der Waals surface area contributed by atoms with Gasteiger partial charge in [-0.2, -0.15) is 0 Å². The van der Waals surface area contributed by atoms with Crippen molar-refractivity contribution in [2.24, 2.45) is 16.6 Å². The lowest BCUT2D eigenvalue weighted by Gasteiger charge is -2.34. The lowest BCUT2D eigenvalue weighted by atomic mass is 9.97. The van der Waals surface area contributed by atoms with E-state index < -0.39 is 17.6 Å². The molecule has 0 radical (unpaired) electrons. The summed E-state index contributed by atoms with van der Waals surface area (Å²) in [5.41, 5.74) is 6.74. The maximum atomic E-state index is 13.1. The second-order valence-electron chi connectivity index (χ2n) is 6.80. The molecule has 1 saturated heterocycles. The fraction of sp³-hybridized carbons (Fsp3) is 0.368. The summed E-state index contributed by atoms with van der Waals surface area (Å²) in [6.07, 6.45) is 7.18. The predicted octanol–water partition coefficient (Wildman–Crippen LogP) is 1.52. The standard InChI is InChI=1S/C19H24FN7O2/c1-29-11-12-3-6-27(7-4-12)15-2-5-23-10-14(15)26-19(28)16(17(21)22)18-24-8-13(20)9-25-18/h2,5,8-10,12,24H,3-4,6-7,11H2,1H3,(H3,21,22)(H,26,28)/b18-16+. The largest absolute Gasteiger partial charge is 0.384 e. The Bertz CT molecular complexity index is 873. The third-order valence-electron chi connectivity index (χ3n) is 4.80. The molecular formula is C19H24FN7O2. The van der Waals surface area contributed by atoms with E-state index in [0.29, 0.717) is 11.6 Å². The maximum absolute atomic E-state index is 13.1. The molecule has 3 heterocycles. The van der Waals surface area contributed by atoms with E-state index in [1.165, 1.54) is 0 Å². The van der Waals surface area contributed by atoms with Crippen LogP contribution in [-0.2, 0) is 9.53 Å². The number of methoxy groups -OCH3 is 1. The molecule has 154 valence electrons. The number of rotatable bonds is 6. The molecule has 3 rings (SSSR count). The fourth-order valence-electron chi connectivity index (χ4n) is 3.35. The summed E-state index contributed by atoms with van der Waals surface area (Å²) in [5, 5.41) is 13.0. The topological polar surface area (TPSA) is 129 Å². The Kier molecular flexibility index (Phi) is 6.55. The molecule has 9 nitrogen and oxygen atoms in total. The van der Waals surface area contributed by atoms with Crippen LogP contribution in [0.1, 0.15) is 12.8 Å². The van der Waals surface area contributed by atoms with Crippen LogP contribution in [0.4, 0.5) is 15.8 Å². The summed E-state index contributed by atoms with van der Waals surface area (Å²) < 4.78 is 18.4. The number of halogens is 1. The molecule has 0 aromatic carbocycles. The monoisotopic (exact) mass is 401 g/mol. The summed E-state index contributed by atoms with van der Waals surface area (Å²) in [6, 6.07) is 1.84. The molecule has 1 amide bonds. The van der Waals surface area contributed by atoms with Gasteiger partial charge in [-0.05, 0) is 24.8 Å². The van der Waals surface area contributed by atoms with Crippen LogP contribution in [0.2, 0.25) is 0 Å². The number of nitrogens with two attached hydrogens (primary N) is 1. The number of ether oxygens (including phenoxy) is 1. The first-order valence-electron chi connectivity index (χ1n) is 9.23. The van der Waals surface area contributed by atoms with Gasteiger partial charge in [0.15, 0.2) is 5.83 Å². The van der Waals surface area contributed by atoms with Gasteiger partial charge < -0.3 is 26.0 Å². The summed E-state index contributed by atoms with van der Waals surface area (Å²) >= 11 is 0. The lowest BCUT2D eigenvalue weighted by molar-refractivity contribution is -0.112. The lowest BCUT2D eigenvalue weighted by Crippen LogP contribution is -2.36. The number of amidine groups is 1. The van der Waals surface area contributed by atoms with Gasteiger partial charge in [0.1, 0.15) is 17.2 Å². The zero-order valence-electron chi connectivity index (χ0n) is 16.1. The van der Waals surface area contributed by atoms with E-state index in [-0.39, 0.29) is 11.4 Å². The highest BCUT2D eigenvalue weighted by atomic mass is 19.1. The Balaban J connectivity index is 1.78. The normalized spacial score (nSPS) is 18.7. The van der Waals surface area contributed by atoms with Crippen LogP contribution in [0.15, 0.2) is 46.9 Å². The van der Waals surface area contributed by atoms with Crippen LogP contribution >= 0.6 is 0 Å². The van der Waals surface area contributed by atoms with E-state index in [2.05, 4.69) is 25.5 Å². The Morgan fingerprint density at radius 2 is 2.24 bits per heavy atom. The SMILES string of the molecule is COCC1CCN(c2ccncc2NC(=O)/C(C(=N)N)=C2/N=CC(F)=CN2)CC1. The van der Waals surface area contributed by atoms with Crippen molar-refractivity contribution >= 4 is 29.3 Å². The van der Waals surface area contributed by atoms with Crippen LogP contribution in [-0.4, -0.2) is 49.7 Å². The molecule has 1 aromatic rings. The molecule has 2 aliphatic heterocycles. The van der Waals surface area contributed by atoms with Crippen molar-refractivity contribution in [3.63, 3.8) is 0 Å². The van der Waals surface area contributed by atoms with Gasteiger partial charge in [-0.3, -0.25) is 15.2 Å². The molecule has 29 heavy (non-hydrogen) atoms. The van der Waals surface area contributed by atoms with E-state index in [4.69, 9.17) is 15.9 Å². The van der Waals surface area contributed by atoms with E-state index in [1.54, 1.807) is 19.5 Å². The zero-order valence-corrected chi connectivity index (χ0v) is 16.1.